The molecule has 7 heteroatoms. The average Bonchev–Trinajstić information content (AvgIpc) is 2.96. The minimum absolute atomic E-state index is 0.0199. The summed E-state index contributed by atoms with van der Waals surface area (Å²) in [6, 6.07) is 0. The zero-order valence-corrected chi connectivity index (χ0v) is 16.3. The number of cyclic esters (lactones) is 1. The highest BCUT2D eigenvalue weighted by atomic mass is 32.2. The Labute approximate surface area is 158 Å². The maximum Gasteiger partial charge on any atom is 0.307 e. The highest BCUT2D eigenvalue weighted by Gasteiger charge is 2.42. The summed E-state index contributed by atoms with van der Waals surface area (Å²) >= 11 is 0. The van der Waals surface area contributed by atoms with Gasteiger partial charge in [-0.15, -0.1) is 0 Å². The number of aliphatic hydroxyl groups excluding tert-OH is 3. The van der Waals surface area contributed by atoms with Crippen LogP contribution in [0.3, 0.4) is 0 Å². The topological polar surface area (TPSA) is 104 Å². The fourth-order valence-corrected chi connectivity index (χ4v) is 5.53. The predicted octanol–water partition coefficient (Wildman–Crippen LogP) is 1.30. The van der Waals surface area contributed by atoms with E-state index in [0.29, 0.717) is 19.3 Å². The number of allylic oxidation sites excluding steroid dienone is 2. The normalized spacial score (nSPS) is 39.0. The van der Waals surface area contributed by atoms with Crippen LogP contribution in [0.5, 0.6) is 0 Å². The first kappa shape index (κ1) is 21.5. The maximum absolute atomic E-state index is 12.7. The van der Waals surface area contributed by atoms with Crippen LogP contribution in [-0.4, -0.2) is 61.4 Å². The number of ether oxygens (including phenoxy) is 1. The van der Waals surface area contributed by atoms with Crippen molar-refractivity contribution in [3.63, 3.8) is 0 Å². The van der Waals surface area contributed by atoms with Crippen molar-refractivity contribution in [1.82, 2.24) is 0 Å². The van der Waals surface area contributed by atoms with Gasteiger partial charge >= 0.3 is 5.97 Å². The van der Waals surface area contributed by atoms with Gasteiger partial charge in [-0.25, -0.2) is 0 Å². The molecule has 3 N–H and O–H groups in total. The minimum Gasteiger partial charge on any atom is -0.463 e. The van der Waals surface area contributed by atoms with Gasteiger partial charge in [0.25, 0.3) is 0 Å². The molecular formula is C19H32O6S. The Bertz CT molecular complexity index is 508. The molecule has 1 heterocycles. The zero-order chi connectivity index (χ0) is 19.1. The quantitative estimate of drug-likeness (QED) is 0.495. The zero-order valence-electron chi connectivity index (χ0n) is 15.5. The van der Waals surface area contributed by atoms with Crippen LogP contribution in [0.2, 0.25) is 0 Å². The van der Waals surface area contributed by atoms with Crippen LogP contribution in [0.25, 0.3) is 0 Å². The Morgan fingerprint density at radius 1 is 1.31 bits per heavy atom. The van der Waals surface area contributed by atoms with E-state index in [1.54, 1.807) is 0 Å². The molecule has 1 fully saturated rings. The first-order valence-electron chi connectivity index (χ1n) is 9.62. The van der Waals surface area contributed by atoms with Gasteiger partial charge in [-0.2, -0.15) is 0 Å². The van der Waals surface area contributed by atoms with E-state index in [0.717, 1.165) is 19.3 Å². The lowest BCUT2D eigenvalue weighted by molar-refractivity contribution is -0.149. The van der Waals surface area contributed by atoms with Crippen LogP contribution in [-0.2, 0) is 20.3 Å². The first-order valence-corrected chi connectivity index (χ1v) is 11.0. The highest BCUT2D eigenvalue weighted by molar-refractivity contribution is 7.85. The molecule has 0 saturated heterocycles. The van der Waals surface area contributed by atoms with E-state index in [2.05, 4.69) is 12.2 Å². The molecule has 0 amide bonds. The van der Waals surface area contributed by atoms with Crippen molar-refractivity contribution >= 4 is 16.8 Å². The van der Waals surface area contributed by atoms with Crippen molar-refractivity contribution in [1.29, 1.82) is 0 Å². The number of rotatable bonds is 4. The SMILES string of the molecule is C[C@H]1CCC/C=C/[C@@H]2C[C@H](O)C[C@H]2[C@H](O)[C@H](S(=O)CCCO)CC(=O)O1. The second kappa shape index (κ2) is 10.5. The molecule has 7 atom stereocenters. The summed E-state index contributed by atoms with van der Waals surface area (Å²) < 4.78 is 18.1. The van der Waals surface area contributed by atoms with Gasteiger partial charge in [0, 0.05) is 23.2 Å². The van der Waals surface area contributed by atoms with E-state index < -0.39 is 34.2 Å². The lowest BCUT2D eigenvalue weighted by Crippen LogP contribution is -2.41. The summed E-state index contributed by atoms with van der Waals surface area (Å²) in [7, 11) is -1.45. The summed E-state index contributed by atoms with van der Waals surface area (Å²) in [5.41, 5.74) is 0. The van der Waals surface area contributed by atoms with Crippen LogP contribution in [0.15, 0.2) is 12.2 Å². The van der Waals surface area contributed by atoms with Gasteiger partial charge in [0.1, 0.15) is 0 Å². The molecule has 1 saturated carbocycles. The van der Waals surface area contributed by atoms with Crippen LogP contribution < -0.4 is 0 Å². The third kappa shape index (κ3) is 6.15. The van der Waals surface area contributed by atoms with Crippen molar-refractivity contribution in [2.75, 3.05) is 12.4 Å². The predicted molar refractivity (Wildman–Crippen MR) is 99.9 cm³/mol. The number of carbonyl (C=O) groups is 1. The van der Waals surface area contributed by atoms with Crippen molar-refractivity contribution < 1.29 is 29.1 Å². The molecule has 1 unspecified atom stereocenters. The van der Waals surface area contributed by atoms with Crippen LogP contribution in [0.1, 0.15) is 51.9 Å². The molecule has 2 aliphatic rings. The van der Waals surface area contributed by atoms with Crippen molar-refractivity contribution in [2.24, 2.45) is 11.8 Å². The van der Waals surface area contributed by atoms with Crippen LogP contribution in [0.4, 0.5) is 0 Å². The van der Waals surface area contributed by atoms with Crippen LogP contribution >= 0.6 is 0 Å². The smallest absolute Gasteiger partial charge is 0.307 e. The minimum atomic E-state index is -1.45. The Hall–Kier alpha value is -0.760. The molecule has 1 aliphatic heterocycles. The molecular weight excluding hydrogens is 356 g/mol. The largest absolute Gasteiger partial charge is 0.463 e. The number of hydrogen-bond acceptors (Lipinski definition) is 6. The molecule has 6 nitrogen and oxygen atoms in total. The van der Waals surface area contributed by atoms with Gasteiger partial charge in [-0.3, -0.25) is 9.00 Å². The van der Waals surface area contributed by atoms with E-state index in [-0.39, 0.29) is 36.7 Å². The summed E-state index contributed by atoms with van der Waals surface area (Å²) in [6.45, 7) is 1.77. The third-order valence-corrected chi connectivity index (χ3v) is 7.18. The Balaban J connectivity index is 2.23. The molecule has 26 heavy (non-hydrogen) atoms. The molecule has 1 aliphatic carbocycles. The fraction of sp³-hybridized carbons (Fsp3) is 0.842. The Kier molecular flexibility index (Phi) is 8.73. The molecule has 0 aromatic heterocycles. The summed E-state index contributed by atoms with van der Waals surface area (Å²) in [6.07, 6.45) is 6.28. The highest BCUT2D eigenvalue weighted by Crippen LogP contribution is 2.38. The standard InChI is InChI=1S/C19H32O6S/c1-13-6-3-2-4-7-14-10-15(21)11-16(14)19(23)17(12-18(22)25-13)26(24)9-5-8-20/h4,7,13-17,19-21,23H,2-3,5-6,8-12H2,1H3/b7-4+/t13-,14+,15-,16+,17+,19-,26?/m0/s1. The monoisotopic (exact) mass is 388 g/mol. The first-order chi connectivity index (χ1) is 12.4. The van der Waals surface area contributed by atoms with Gasteiger partial charge in [0.2, 0.25) is 0 Å². The van der Waals surface area contributed by atoms with Gasteiger partial charge in [0.15, 0.2) is 0 Å². The van der Waals surface area contributed by atoms with E-state index >= 15 is 0 Å². The Morgan fingerprint density at radius 3 is 2.81 bits per heavy atom. The van der Waals surface area contributed by atoms with E-state index in [9.17, 15) is 19.2 Å². The third-order valence-electron chi connectivity index (χ3n) is 5.36. The van der Waals surface area contributed by atoms with Gasteiger partial charge in [-0.1, -0.05) is 12.2 Å². The summed E-state index contributed by atoms with van der Waals surface area (Å²) in [5, 5.41) is 29.3. The second-order valence-electron chi connectivity index (χ2n) is 7.51. The van der Waals surface area contributed by atoms with Crippen molar-refractivity contribution in [2.45, 2.75) is 75.4 Å². The van der Waals surface area contributed by atoms with Gasteiger partial charge < -0.3 is 20.1 Å². The van der Waals surface area contributed by atoms with E-state index in [1.165, 1.54) is 0 Å². The molecule has 0 spiro atoms. The number of fused-ring (bicyclic) bond motifs is 1. The molecule has 150 valence electrons. The molecule has 0 aromatic rings. The van der Waals surface area contributed by atoms with Crippen molar-refractivity contribution in [3.05, 3.63) is 12.2 Å². The molecule has 2 rings (SSSR count). The molecule has 0 aromatic carbocycles. The Morgan fingerprint density at radius 2 is 2.08 bits per heavy atom. The summed E-state index contributed by atoms with van der Waals surface area (Å²) in [5.74, 6) is -0.417. The van der Waals surface area contributed by atoms with Gasteiger partial charge in [-0.05, 0) is 57.3 Å². The lowest BCUT2D eigenvalue weighted by atomic mass is 9.87. The average molecular weight is 389 g/mol. The molecule has 0 bridgehead atoms. The number of esters is 1. The van der Waals surface area contributed by atoms with Crippen LogP contribution in [0, 0.1) is 11.8 Å². The van der Waals surface area contributed by atoms with E-state index in [4.69, 9.17) is 9.84 Å². The number of carbonyl (C=O) groups excluding carboxylic acids is 1. The fourth-order valence-electron chi connectivity index (χ4n) is 3.98. The van der Waals surface area contributed by atoms with E-state index in [1.807, 2.05) is 6.92 Å². The number of aliphatic hydroxyl groups is 3. The summed E-state index contributed by atoms with van der Waals surface area (Å²) in [4.78, 5) is 12.3. The van der Waals surface area contributed by atoms with Gasteiger partial charge in [0.05, 0.1) is 30.0 Å². The lowest BCUT2D eigenvalue weighted by Gasteiger charge is -2.29. The second-order valence-corrected chi connectivity index (χ2v) is 9.28. The van der Waals surface area contributed by atoms with Crippen molar-refractivity contribution in [3.8, 4) is 0 Å². The number of hydrogen-bond donors (Lipinski definition) is 3. The molecule has 0 radical (unpaired) electrons. The maximum atomic E-state index is 12.7.